The second kappa shape index (κ2) is 11.5. The predicted octanol–water partition coefficient (Wildman–Crippen LogP) is 6.44. The molecule has 0 bridgehead atoms. The second-order valence-electron chi connectivity index (χ2n) is 12.9. The number of Topliss-reactive ketones (excluding diaryl/α,β-unsaturated/α-hetero) is 1. The number of nitrogens with zero attached hydrogens (tertiary/aromatic N) is 2. The molecular weight excluding hydrogens is 754 g/mol. The van der Waals surface area contributed by atoms with E-state index in [0.717, 1.165) is 16.5 Å². The largest absolute Gasteiger partial charge is 0.504 e. The molecule has 7 rings (SSSR count). The van der Waals surface area contributed by atoms with Gasteiger partial charge in [0.05, 0.1) is 50.2 Å². The van der Waals surface area contributed by atoms with Crippen LogP contribution >= 0.6 is 34.2 Å². The van der Waals surface area contributed by atoms with Crippen molar-refractivity contribution in [3.8, 4) is 11.5 Å². The number of imide groups is 2. The number of fused-ring (bicyclic) bond motifs is 4. The quantitative estimate of drug-likeness (QED) is 0.137. The molecule has 12 heteroatoms. The van der Waals surface area contributed by atoms with Crippen LogP contribution in [0.5, 0.6) is 11.5 Å². The van der Waals surface area contributed by atoms with Crippen LogP contribution in [0.4, 0.5) is 15.8 Å². The van der Waals surface area contributed by atoms with E-state index in [0.29, 0.717) is 20.4 Å². The van der Waals surface area contributed by atoms with Crippen molar-refractivity contribution < 1.29 is 38.2 Å². The number of ether oxygens (including phenoxy) is 1. The zero-order valence-corrected chi connectivity index (χ0v) is 28.9. The first-order valence-electron chi connectivity index (χ1n) is 15.4. The summed E-state index contributed by atoms with van der Waals surface area (Å²) in [6.07, 6.45) is 2.29. The van der Waals surface area contributed by atoms with Crippen LogP contribution in [0.2, 0.25) is 5.02 Å². The van der Waals surface area contributed by atoms with Gasteiger partial charge in [0, 0.05) is 11.5 Å². The van der Waals surface area contributed by atoms with Gasteiger partial charge >= 0.3 is 0 Å². The minimum Gasteiger partial charge on any atom is -0.504 e. The molecule has 3 aromatic rings. The molecule has 0 radical (unpaired) electrons. The van der Waals surface area contributed by atoms with Gasteiger partial charge in [-0.3, -0.25) is 28.9 Å². The van der Waals surface area contributed by atoms with E-state index >= 15 is 0 Å². The molecule has 6 atom stereocenters. The minimum absolute atomic E-state index is 0.0759. The van der Waals surface area contributed by atoms with Crippen LogP contribution in [0.15, 0.2) is 66.2 Å². The Morgan fingerprint density at radius 1 is 0.979 bits per heavy atom. The smallest absolute Gasteiger partial charge is 0.241 e. The van der Waals surface area contributed by atoms with E-state index in [4.69, 9.17) is 16.3 Å². The van der Waals surface area contributed by atoms with E-state index in [9.17, 15) is 33.5 Å². The number of phenols is 1. The highest BCUT2D eigenvalue weighted by atomic mass is 127. The number of carbonyl (C=O) groups is 5. The lowest BCUT2D eigenvalue weighted by Crippen LogP contribution is -2.48. The van der Waals surface area contributed by atoms with Crippen molar-refractivity contribution >= 4 is 75.0 Å². The fourth-order valence-electron chi connectivity index (χ4n) is 8.28. The summed E-state index contributed by atoms with van der Waals surface area (Å²) in [7, 11) is 1.41. The molecule has 1 saturated carbocycles. The maximum atomic E-state index is 14.6. The minimum atomic E-state index is -1.36. The highest BCUT2D eigenvalue weighted by Gasteiger charge is 2.67. The third-order valence-corrected chi connectivity index (χ3v) is 11.7. The number of rotatable bonds is 5. The first-order valence-corrected chi connectivity index (χ1v) is 16.8. The molecule has 2 aliphatic carbocycles. The van der Waals surface area contributed by atoms with E-state index < -0.39 is 58.5 Å². The lowest BCUT2D eigenvalue weighted by molar-refractivity contribution is -0.131. The topological polar surface area (TPSA) is 121 Å². The molecule has 1 N–H and O–H groups in total. The molecular formula is C36H29ClFIN2O7. The molecule has 48 heavy (non-hydrogen) atoms. The highest BCUT2D eigenvalue weighted by molar-refractivity contribution is 14.1. The fraction of sp³-hybridized carbons (Fsp3) is 0.306. The summed E-state index contributed by atoms with van der Waals surface area (Å²) >= 11 is 8.06. The number of anilines is 2. The molecule has 2 aliphatic heterocycles. The SMILES string of the molecule is COc1cc([C@H]2C3=CC[C@@H]4C(=O)N(c5ccc(C(C)=O)cc5)C(=O)[C@@H]4[C@@H]3C[C@H]3C(=O)N(c4ccc(F)c(Cl)c4)C(=O)[C@@]23C)cc(I)c1O. The molecule has 0 aromatic heterocycles. The highest BCUT2D eigenvalue weighted by Crippen LogP contribution is 2.64. The van der Waals surface area contributed by atoms with Crippen LogP contribution in [0.25, 0.3) is 0 Å². The third-order valence-electron chi connectivity index (χ3n) is 10.6. The van der Waals surface area contributed by atoms with Crippen molar-refractivity contribution in [2.45, 2.75) is 32.6 Å². The summed E-state index contributed by atoms with van der Waals surface area (Å²) in [5, 5.41) is 10.4. The van der Waals surface area contributed by atoms with Crippen molar-refractivity contribution in [3.05, 3.63) is 91.8 Å². The maximum Gasteiger partial charge on any atom is 0.241 e. The van der Waals surface area contributed by atoms with Gasteiger partial charge in [0.1, 0.15) is 5.82 Å². The predicted molar refractivity (Wildman–Crippen MR) is 182 cm³/mol. The molecule has 4 amide bonds. The molecule has 4 aliphatic rings. The van der Waals surface area contributed by atoms with Gasteiger partial charge in [0.2, 0.25) is 23.6 Å². The Kier molecular flexibility index (Phi) is 7.78. The number of aromatic hydroxyl groups is 1. The van der Waals surface area contributed by atoms with Gasteiger partial charge < -0.3 is 9.84 Å². The Labute approximate surface area is 293 Å². The van der Waals surface area contributed by atoms with Gasteiger partial charge in [-0.15, -0.1) is 0 Å². The number of hydrogen-bond donors (Lipinski definition) is 1. The van der Waals surface area contributed by atoms with E-state index in [1.54, 1.807) is 43.3 Å². The number of carbonyl (C=O) groups excluding carboxylic acids is 5. The molecule has 9 nitrogen and oxygen atoms in total. The summed E-state index contributed by atoms with van der Waals surface area (Å²) in [5.74, 6) is -6.23. The lowest BCUT2D eigenvalue weighted by Gasteiger charge is -2.49. The van der Waals surface area contributed by atoms with Gasteiger partial charge in [0.15, 0.2) is 17.3 Å². The molecule has 2 heterocycles. The summed E-state index contributed by atoms with van der Waals surface area (Å²) in [4.78, 5) is 71.2. The van der Waals surface area contributed by atoms with E-state index in [1.165, 1.54) is 31.1 Å². The number of allylic oxidation sites excluding steroid dienone is 2. The molecule has 246 valence electrons. The standard InChI is InChI=1S/C36H29ClFIN2O7/c1-16(42)17-4-6-19(7-5-17)40-32(44)22-10-9-21-23(29(22)34(40)46)15-24-33(45)41(20-8-11-26(38)25(37)14-20)35(47)36(24,2)30(21)18-12-27(39)31(43)28(13-18)48-3/h4-9,11-14,22-24,29-30,43H,10,15H2,1-3H3/t22-,23+,24-,29-,30-,36+/m0/s1. The Morgan fingerprint density at radius 3 is 2.31 bits per heavy atom. The molecule has 2 saturated heterocycles. The zero-order valence-electron chi connectivity index (χ0n) is 26.0. The van der Waals surface area contributed by atoms with Crippen LogP contribution in [0, 0.1) is 38.5 Å². The first-order chi connectivity index (χ1) is 22.8. The van der Waals surface area contributed by atoms with Gasteiger partial charge in [-0.1, -0.05) is 23.3 Å². The van der Waals surface area contributed by atoms with Crippen molar-refractivity contribution in [1.29, 1.82) is 0 Å². The van der Waals surface area contributed by atoms with Gasteiger partial charge in [0.25, 0.3) is 0 Å². The van der Waals surface area contributed by atoms with Crippen molar-refractivity contribution in [1.82, 2.24) is 0 Å². The van der Waals surface area contributed by atoms with Crippen LogP contribution in [0.3, 0.4) is 0 Å². The number of phenolic OH excluding ortho intramolecular Hbond substituents is 1. The summed E-state index contributed by atoms with van der Waals surface area (Å²) in [6, 6.07) is 13.3. The number of amides is 4. The number of benzene rings is 3. The Hall–Kier alpha value is -4.10. The maximum absolute atomic E-state index is 14.6. The van der Waals surface area contributed by atoms with E-state index in [2.05, 4.69) is 0 Å². The van der Waals surface area contributed by atoms with Crippen molar-refractivity contribution in [2.24, 2.45) is 29.1 Å². The number of ketones is 1. The van der Waals surface area contributed by atoms with Gasteiger partial charge in [-0.05, 0) is 115 Å². The average molecular weight is 783 g/mol. The average Bonchev–Trinajstić information content (AvgIpc) is 3.43. The molecule has 3 aromatic carbocycles. The molecule has 0 spiro atoms. The van der Waals surface area contributed by atoms with Crippen LogP contribution in [-0.2, 0) is 19.2 Å². The molecule has 3 fully saturated rings. The summed E-state index contributed by atoms with van der Waals surface area (Å²) < 4.78 is 20.1. The monoisotopic (exact) mass is 782 g/mol. The lowest BCUT2D eigenvalue weighted by atomic mass is 9.51. The Balaban J connectivity index is 1.37. The second-order valence-corrected chi connectivity index (χ2v) is 14.5. The summed E-state index contributed by atoms with van der Waals surface area (Å²) in [5.41, 5.74) is 0.937. The summed E-state index contributed by atoms with van der Waals surface area (Å²) in [6.45, 7) is 3.16. The van der Waals surface area contributed by atoms with Crippen LogP contribution in [0.1, 0.15) is 48.5 Å². The van der Waals surface area contributed by atoms with E-state index in [-0.39, 0.29) is 46.7 Å². The van der Waals surface area contributed by atoms with Crippen LogP contribution < -0.4 is 14.5 Å². The van der Waals surface area contributed by atoms with E-state index in [1.807, 2.05) is 28.7 Å². The Morgan fingerprint density at radius 2 is 1.67 bits per heavy atom. The van der Waals surface area contributed by atoms with Gasteiger partial charge in [-0.2, -0.15) is 0 Å². The number of hydrogen-bond acceptors (Lipinski definition) is 7. The van der Waals surface area contributed by atoms with Gasteiger partial charge in [-0.25, -0.2) is 9.29 Å². The Bertz CT molecular complexity index is 2000. The third kappa shape index (κ3) is 4.57. The number of halogens is 3. The zero-order chi connectivity index (χ0) is 34.4. The fourth-order valence-corrected chi connectivity index (χ4v) is 9.08. The molecule has 0 unspecified atom stereocenters. The first kappa shape index (κ1) is 32.4. The van der Waals surface area contributed by atoms with Crippen molar-refractivity contribution in [2.75, 3.05) is 16.9 Å². The number of methoxy groups -OCH3 is 1. The van der Waals surface area contributed by atoms with Crippen LogP contribution in [-0.4, -0.2) is 41.6 Å². The van der Waals surface area contributed by atoms with Crippen molar-refractivity contribution in [3.63, 3.8) is 0 Å². The normalized spacial score (nSPS) is 27.9.